The number of carbonyl (C=O) groups is 1. The molecule has 1 aliphatic rings. The SMILES string of the molecule is Cc1ccc([N+](=O)[O-])c(NC2CCN(C(=O)OC(C)(C)C)CC2C)c1. The predicted octanol–water partition coefficient (Wildman–Crippen LogP) is 3.96. The summed E-state index contributed by atoms with van der Waals surface area (Å²) in [5.74, 6) is 0.154. The lowest BCUT2D eigenvalue weighted by Crippen LogP contribution is -2.49. The van der Waals surface area contributed by atoms with Gasteiger partial charge in [-0.25, -0.2) is 4.79 Å². The highest BCUT2D eigenvalue weighted by Crippen LogP contribution is 2.29. The lowest BCUT2D eigenvalue weighted by Gasteiger charge is -2.38. The van der Waals surface area contributed by atoms with Gasteiger partial charge < -0.3 is 15.0 Å². The molecule has 2 atom stereocenters. The van der Waals surface area contributed by atoms with Gasteiger partial charge in [-0.15, -0.1) is 0 Å². The van der Waals surface area contributed by atoms with Crippen LogP contribution in [0.15, 0.2) is 18.2 Å². The third-order valence-electron chi connectivity index (χ3n) is 4.25. The summed E-state index contributed by atoms with van der Waals surface area (Å²) in [6.45, 7) is 10.6. The number of nitrogens with one attached hydrogen (secondary N) is 1. The molecule has 1 amide bonds. The van der Waals surface area contributed by atoms with E-state index in [1.54, 1.807) is 17.0 Å². The maximum atomic E-state index is 12.2. The number of carbonyl (C=O) groups excluding carboxylic acids is 1. The molecule has 7 heteroatoms. The fraction of sp³-hybridized carbons (Fsp3) is 0.611. The zero-order chi connectivity index (χ0) is 18.8. The van der Waals surface area contributed by atoms with E-state index < -0.39 is 5.60 Å². The summed E-state index contributed by atoms with van der Waals surface area (Å²) in [5.41, 5.74) is 1.06. The lowest BCUT2D eigenvalue weighted by molar-refractivity contribution is -0.384. The Kier molecular flexibility index (Phi) is 5.55. The van der Waals surface area contributed by atoms with Gasteiger partial charge in [-0.2, -0.15) is 0 Å². The van der Waals surface area contributed by atoms with Crippen molar-refractivity contribution in [3.05, 3.63) is 33.9 Å². The number of aryl methyl sites for hydroxylation is 1. The van der Waals surface area contributed by atoms with Crippen molar-refractivity contribution in [2.45, 2.75) is 52.7 Å². The Labute approximate surface area is 148 Å². The van der Waals surface area contributed by atoms with Crippen molar-refractivity contribution < 1.29 is 14.5 Å². The maximum absolute atomic E-state index is 12.2. The van der Waals surface area contributed by atoms with Gasteiger partial charge in [0.15, 0.2) is 0 Å². The number of likely N-dealkylation sites (tertiary alicyclic amines) is 1. The minimum absolute atomic E-state index is 0.0687. The molecule has 0 aliphatic carbocycles. The van der Waals surface area contributed by atoms with Gasteiger partial charge in [-0.3, -0.25) is 10.1 Å². The Balaban J connectivity index is 2.04. The van der Waals surface area contributed by atoms with E-state index in [4.69, 9.17) is 4.74 Å². The second-order valence-corrected chi connectivity index (χ2v) is 7.72. The van der Waals surface area contributed by atoms with Crippen LogP contribution in [0.4, 0.5) is 16.2 Å². The van der Waals surface area contributed by atoms with Crippen LogP contribution < -0.4 is 5.32 Å². The number of hydrogen-bond acceptors (Lipinski definition) is 5. The molecule has 0 bridgehead atoms. The molecule has 1 saturated heterocycles. The second-order valence-electron chi connectivity index (χ2n) is 7.72. The second kappa shape index (κ2) is 7.29. The van der Waals surface area contributed by atoms with E-state index in [0.29, 0.717) is 25.2 Å². The quantitative estimate of drug-likeness (QED) is 0.659. The summed E-state index contributed by atoms with van der Waals surface area (Å²) in [7, 11) is 0. The number of ether oxygens (including phenoxy) is 1. The third kappa shape index (κ3) is 5.08. The van der Waals surface area contributed by atoms with Gasteiger partial charge in [-0.1, -0.05) is 13.0 Å². The van der Waals surface area contributed by atoms with Crippen LogP contribution in [0, 0.1) is 23.0 Å². The molecule has 2 rings (SSSR count). The lowest BCUT2D eigenvalue weighted by atomic mass is 9.93. The molecule has 1 heterocycles. The van der Waals surface area contributed by atoms with Gasteiger partial charge in [-0.05, 0) is 51.7 Å². The monoisotopic (exact) mass is 349 g/mol. The topological polar surface area (TPSA) is 84.7 Å². The highest BCUT2D eigenvalue weighted by atomic mass is 16.6. The summed E-state index contributed by atoms with van der Waals surface area (Å²) in [5, 5.41) is 14.5. The first-order chi connectivity index (χ1) is 11.6. The first-order valence-electron chi connectivity index (χ1n) is 8.56. The van der Waals surface area contributed by atoms with Crippen LogP contribution in [0.5, 0.6) is 0 Å². The van der Waals surface area contributed by atoms with Crippen LogP contribution >= 0.6 is 0 Å². The van der Waals surface area contributed by atoms with Gasteiger partial charge >= 0.3 is 6.09 Å². The first kappa shape index (κ1) is 19.0. The number of nitrogens with zero attached hydrogens (tertiary/aromatic N) is 2. The van der Waals surface area contributed by atoms with E-state index >= 15 is 0 Å². The zero-order valence-electron chi connectivity index (χ0n) is 15.5. The van der Waals surface area contributed by atoms with Gasteiger partial charge in [0.05, 0.1) is 4.92 Å². The Hall–Kier alpha value is -2.31. The standard InChI is InChI=1S/C18H27N3O4/c1-12-6-7-16(21(23)24)15(10-12)19-14-8-9-20(11-13(14)2)17(22)25-18(3,4)5/h6-7,10,13-14,19H,8-9,11H2,1-5H3. The molecule has 0 radical (unpaired) electrons. The summed E-state index contributed by atoms with van der Waals surface area (Å²) < 4.78 is 5.42. The Bertz CT molecular complexity index is 654. The molecule has 1 N–H and O–H groups in total. The van der Waals surface area contributed by atoms with E-state index in [0.717, 1.165) is 5.56 Å². The normalized spacial score (nSPS) is 20.9. The number of hydrogen-bond donors (Lipinski definition) is 1. The van der Waals surface area contributed by atoms with Crippen LogP contribution in [0.3, 0.4) is 0 Å². The molecule has 0 saturated carbocycles. The fourth-order valence-corrected chi connectivity index (χ4v) is 2.98. The minimum atomic E-state index is -0.516. The molecule has 1 fully saturated rings. The van der Waals surface area contributed by atoms with Crippen LogP contribution in [0.1, 0.15) is 39.7 Å². The molecule has 138 valence electrons. The molecule has 1 aliphatic heterocycles. The summed E-state index contributed by atoms with van der Waals surface area (Å²) in [4.78, 5) is 24.8. The minimum Gasteiger partial charge on any atom is -0.444 e. The van der Waals surface area contributed by atoms with Crippen molar-refractivity contribution >= 4 is 17.5 Å². The number of nitro benzene ring substituents is 1. The molecular weight excluding hydrogens is 322 g/mol. The summed E-state index contributed by atoms with van der Waals surface area (Å²) in [6, 6.07) is 5.13. The fourth-order valence-electron chi connectivity index (χ4n) is 2.98. The molecule has 1 aromatic carbocycles. The first-order valence-corrected chi connectivity index (χ1v) is 8.56. The van der Waals surface area contributed by atoms with E-state index in [1.165, 1.54) is 6.07 Å². The van der Waals surface area contributed by atoms with E-state index in [9.17, 15) is 14.9 Å². The van der Waals surface area contributed by atoms with Crippen molar-refractivity contribution in [1.29, 1.82) is 0 Å². The Morgan fingerprint density at radius 3 is 2.64 bits per heavy atom. The molecule has 0 aromatic heterocycles. The number of anilines is 1. The van der Waals surface area contributed by atoms with Crippen molar-refractivity contribution in [1.82, 2.24) is 4.90 Å². The van der Waals surface area contributed by atoms with Gasteiger partial charge in [0, 0.05) is 25.2 Å². The zero-order valence-corrected chi connectivity index (χ0v) is 15.5. The van der Waals surface area contributed by atoms with Gasteiger partial charge in [0.25, 0.3) is 5.69 Å². The van der Waals surface area contributed by atoms with Crippen molar-refractivity contribution in [3.63, 3.8) is 0 Å². The summed E-state index contributed by atoms with van der Waals surface area (Å²) in [6.07, 6.45) is 0.408. The average Bonchev–Trinajstić information content (AvgIpc) is 2.47. The van der Waals surface area contributed by atoms with E-state index in [1.807, 2.05) is 34.6 Å². The van der Waals surface area contributed by atoms with Crippen molar-refractivity contribution in [2.75, 3.05) is 18.4 Å². The third-order valence-corrected chi connectivity index (χ3v) is 4.25. The molecule has 0 spiro atoms. The van der Waals surface area contributed by atoms with E-state index in [2.05, 4.69) is 5.32 Å². The summed E-state index contributed by atoms with van der Waals surface area (Å²) >= 11 is 0. The Morgan fingerprint density at radius 1 is 1.40 bits per heavy atom. The number of amides is 1. The predicted molar refractivity (Wildman–Crippen MR) is 96.8 cm³/mol. The van der Waals surface area contributed by atoms with Crippen LogP contribution in [0.25, 0.3) is 0 Å². The van der Waals surface area contributed by atoms with Gasteiger partial charge in [0.2, 0.25) is 0 Å². The van der Waals surface area contributed by atoms with Crippen LogP contribution in [-0.2, 0) is 4.74 Å². The van der Waals surface area contributed by atoms with Crippen LogP contribution in [0.2, 0.25) is 0 Å². The molecule has 7 nitrogen and oxygen atoms in total. The molecular formula is C18H27N3O4. The number of nitro groups is 1. The Morgan fingerprint density at radius 2 is 2.08 bits per heavy atom. The van der Waals surface area contributed by atoms with Gasteiger partial charge in [0.1, 0.15) is 11.3 Å². The largest absolute Gasteiger partial charge is 0.444 e. The maximum Gasteiger partial charge on any atom is 0.410 e. The number of benzene rings is 1. The van der Waals surface area contributed by atoms with Crippen molar-refractivity contribution in [3.8, 4) is 0 Å². The number of rotatable bonds is 3. The average molecular weight is 349 g/mol. The highest BCUT2D eigenvalue weighted by Gasteiger charge is 2.32. The molecule has 1 aromatic rings. The molecule has 2 unspecified atom stereocenters. The molecule has 25 heavy (non-hydrogen) atoms. The van der Waals surface area contributed by atoms with Crippen molar-refractivity contribution in [2.24, 2.45) is 5.92 Å². The smallest absolute Gasteiger partial charge is 0.410 e. The highest BCUT2D eigenvalue weighted by molar-refractivity contribution is 5.68. The van der Waals surface area contributed by atoms with E-state index in [-0.39, 0.29) is 28.7 Å². The van der Waals surface area contributed by atoms with Crippen LogP contribution in [-0.4, -0.2) is 40.6 Å². The number of piperidine rings is 1.